The highest BCUT2D eigenvalue weighted by Gasteiger charge is 2.13. The average molecular weight is 390 g/mol. The Morgan fingerprint density at radius 1 is 1.28 bits per heavy atom. The van der Waals surface area contributed by atoms with Crippen LogP contribution in [0.5, 0.6) is 0 Å². The highest BCUT2D eigenvalue weighted by Crippen LogP contribution is 2.32. The highest BCUT2D eigenvalue weighted by atomic mass is 79.9. The molecule has 1 aromatic carbocycles. The Hall–Kier alpha value is -0.390. The molecule has 0 aliphatic carbocycles. The Kier molecular flexibility index (Phi) is 4.45. The third kappa shape index (κ3) is 3.13. The van der Waals surface area contributed by atoms with Gasteiger partial charge in [-0.2, -0.15) is 0 Å². The maximum Gasteiger partial charge on any atom is 0.0900 e. The van der Waals surface area contributed by atoms with Gasteiger partial charge in [0.15, 0.2) is 0 Å². The fourth-order valence-corrected chi connectivity index (χ4v) is 3.51. The van der Waals surface area contributed by atoms with Crippen LogP contribution >= 0.6 is 43.2 Å². The number of thiazole rings is 1. The summed E-state index contributed by atoms with van der Waals surface area (Å²) < 4.78 is 2.13. The highest BCUT2D eigenvalue weighted by molar-refractivity contribution is 9.11. The van der Waals surface area contributed by atoms with Gasteiger partial charge in [0.25, 0.3) is 0 Å². The van der Waals surface area contributed by atoms with Crippen molar-refractivity contribution in [3.05, 3.63) is 42.7 Å². The first-order valence-corrected chi connectivity index (χ1v) is 8.03. The second-order valence-electron chi connectivity index (χ2n) is 4.17. The van der Waals surface area contributed by atoms with E-state index in [4.69, 9.17) is 0 Å². The van der Waals surface area contributed by atoms with Gasteiger partial charge in [-0.3, -0.25) is 0 Å². The van der Waals surface area contributed by atoms with E-state index < -0.39 is 0 Å². The summed E-state index contributed by atoms with van der Waals surface area (Å²) in [5, 5.41) is 4.63. The monoisotopic (exact) mass is 388 g/mol. The van der Waals surface area contributed by atoms with Crippen molar-refractivity contribution in [1.82, 2.24) is 4.98 Å². The number of aryl methyl sites for hydroxylation is 2. The van der Waals surface area contributed by atoms with E-state index in [0.29, 0.717) is 0 Å². The van der Waals surface area contributed by atoms with E-state index in [-0.39, 0.29) is 6.04 Å². The summed E-state index contributed by atoms with van der Waals surface area (Å²) in [6.45, 7) is 6.27. The Morgan fingerprint density at radius 3 is 2.61 bits per heavy atom. The molecule has 2 nitrogen and oxygen atoms in total. The molecule has 0 saturated heterocycles. The Balaban J connectivity index is 2.23. The number of hydrogen-bond donors (Lipinski definition) is 1. The van der Waals surface area contributed by atoms with Crippen LogP contribution < -0.4 is 5.32 Å². The summed E-state index contributed by atoms with van der Waals surface area (Å²) in [5.41, 5.74) is 2.20. The van der Waals surface area contributed by atoms with E-state index >= 15 is 0 Å². The number of aromatic nitrogens is 1. The largest absolute Gasteiger partial charge is 0.377 e. The van der Waals surface area contributed by atoms with Gasteiger partial charge in [-0.05, 0) is 54.9 Å². The normalized spacial score (nSPS) is 12.5. The topological polar surface area (TPSA) is 24.9 Å². The van der Waals surface area contributed by atoms with Crippen LogP contribution in [0, 0.1) is 13.8 Å². The van der Waals surface area contributed by atoms with E-state index in [0.717, 1.165) is 25.3 Å². The predicted octanol–water partition coefficient (Wildman–Crippen LogP) is 5.46. The third-order valence-electron chi connectivity index (χ3n) is 2.63. The van der Waals surface area contributed by atoms with Gasteiger partial charge in [0, 0.05) is 13.8 Å². The minimum absolute atomic E-state index is 0.252. The Bertz CT molecular complexity index is 566. The summed E-state index contributed by atoms with van der Waals surface area (Å²) in [6, 6.07) is 6.37. The molecule has 1 unspecified atom stereocenters. The van der Waals surface area contributed by atoms with Gasteiger partial charge in [-0.1, -0.05) is 15.9 Å². The molecule has 0 saturated carbocycles. The molecular formula is C13H14Br2N2S. The number of anilines is 1. The van der Waals surface area contributed by atoms with Crippen LogP contribution in [0.15, 0.2) is 27.1 Å². The molecule has 2 aromatic rings. The lowest BCUT2D eigenvalue weighted by Crippen LogP contribution is -2.06. The van der Waals surface area contributed by atoms with Crippen LogP contribution in [0.4, 0.5) is 5.69 Å². The van der Waals surface area contributed by atoms with Crippen molar-refractivity contribution >= 4 is 48.9 Å². The number of halogens is 2. The number of benzene rings is 1. The van der Waals surface area contributed by atoms with Gasteiger partial charge in [0.2, 0.25) is 0 Å². The van der Waals surface area contributed by atoms with E-state index in [1.807, 2.05) is 19.1 Å². The van der Waals surface area contributed by atoms with E-state index in [1.165, 1.54) is 4.88 Å². The molecule has 0 amide bonds. The van der Waals surface area contributed by atoms with Gasteiger partial charge < -0.3 is 5.32 Å². The minimum Gasteiger partial charge on any atom is -0.377 e. The summed E-state index contributed by atoms with van der Waals surface area (Å²) in [6.07, 6.45) is 0. The average Bonchev–Trinajstić information content (AvgIpc) is 2.63. The van der Waals surface area contributed by atoms with Gasteiger partial charge in [0.1, 0.15) is 0 Å². The second-order valence-corrected chi connectivity index (χ2v) is 7.18. The molecule has 0 bridgehead atoms. The van der Waals surface area contributed by atoms with Crippen LogP contribution in [0.3, 0.4) is 0 Å². The van der Waals surface area contributed by atoms with E-state index in [9.17, 15) is 0 Å². The standard InChI is InChI=1S/C13H14Br2N2S/c1-7-13(18-9(3)16-7)8(2)17-12-6-10(14)4-5-11(12)15/h4-6,8,17H,1-3H3. The molecule has 1 N–H and O–H groups in total. The maximum absolute atomic E-state index is 4.47. The smallest absolute Gasteiger partial charge is 0.0900 e. The van der Waals surface area contributed by atoms with Crippen molar-refractivity contribution in [2.75, 3.05) is 5.32 Å². The maximum atomic E-state index is 4.47. The van der Waals surface area contributed by atoms with Crippen LogP contribution in [-0.4, -0.2) is 4.98 Å². The number of nitrogens with zero attached hydrogens (tertiary/aromatic N) is 1. The van der Waals surface area contributed by atoms with Gasteiger partial charge in [-0.25, -0.2) is 4.98 Å². The van der Waals surface area contributed by atoms with Crippen LogP contribution in [0.2, 0.25) is 0 Å². The fraction of sp³-hybridized carbons (Fsp3) is 0.308. The molecule has 1 heterocycles. The lowest BCUT2D eigenvalue weighted by atomic mass is 10.2. The molecule has 1 atom stereocenters. The van der Waals surface area contributed by atoms with Crippen LogP contribution in [0.1, 0.15) is 28.5 Å². The van der Waals surface area contributed by atoms with Gasteiger partial charge in [0.05, 0.1) is 22.4 Å². The van der Waals surface area contributed by atoms with Crippen molar-refractivity contribution in [1.29, 1.82) is 0 Å². The predicted molar refractivity (Wildman–Crippen MR) is 85.5 cm³/mol. The Morgan fingerprint density at radius 2 is 2.00 bits per heavy atom. The molecule has 0 radical (unpaired) electrons. The molecular weight excluding hydrogens is 376 g/mol. The van der Waals surface area contributed by atoms with Gasteiger partial charge in [-0.15, -0.1) is 11.3 Å². The van der Waals surface area contributed by atoms with Crippen molar-refractivity contribution in [2.24, 2.45) is 0 Å². The molecule has 0 aliphatic heterocycles. The van der Waals surface area contributed by atoms with Crippen molar-refractivity contribution in [3.63, 3.8) is 0 Å². The summed E-state index contributed by atoms with van der Waals surface area (Å²) in [4.78, 5) is 5.76. The lowest BCUT2D eigenvalue weighted by molar-refractivity contribution is 0.888. The third-order valence-corrected chi connectivity index (χ3v) is 5.07. The first-order chi connectivity index (χ1) is 8.47. The second kappa shape index (κ2) is 5.72. The van der Waals surface area contributed by atoms with E-state index in [2.05, 4.69) is 62.1 Å². The Labute approximate surface area is 128 Å². The fourth-order valence-electron chi connectivity index (χ4n) is 1.86. The molecule has 0 aliphatic rings. The summed E-state index contributed by atoms with van der Waals surface area (Å²) in [7, 11) is 0. The molecule has 2 rings (SSSR count). The molecule has 96 valence electrons. The minimum atomic E-state index is 0.252. The zero-order valence-electron chi connectivity index (χ0n) is 10.4. The molecule has 1 aromatic heterocycles. The molecule has 0 fully saturated rings. The molecule has 5 heteroatoms. The van der Waals surface area contributed by atoms with Crippen LogP contribution in [-0.2, 0) is 0 Å². The van der Waals surface area contributed by atoms with Crippen molar-refractivity contribution in [2.45, 2.75) is 26.8 Å². The van der Waals surface area contributed by atoms with E-state index in [1.54, 1.807) is 11.3 Å². The number of rotatable bonds is 3. The summed E-state index contributed by atoms with van der Waals surface area (Å²) in [5.74, 6) is 0. The molecule has 18 heavy (non-hydrogen) atoms. The quantitative estimate of drug-likeness (QED) is 0.753. The van der Waals surface area contributed by atoms with Crippen molar-refractivity contribution < 1.29 is 0 Å². The molecule has 0 spiro atoms. The zero-order valence-corrected chi connectivity index (χ0v) is 14.4. The van der Waals surface area contributed by atoms with Crippen molar-refractivity contribution in [3.8, 4) is 0 Å². The lowest BCUT2D eigenvalue weighted by Gasteiger charge is -2.16. The number of nitrogens with one attached hydrogen (secondary N) is 1. The first kappa shape index (κ1) is 14.0. The SMILES string of the molecule is Cc1nc(C)c(C(C)Nc2cc(Br)ccc2Br)s1. The van der Waals surface area contributed by atoms with Crippen LogP contribution in [0.25, 0.3) is 0 Å². The first-order valence-electron chi connectivity index (χ1n) is 5.63. The number of hydrogen-bond acceptors (Lipinski definition) is 3. The van der Waals surface area contributed by atoms with Gasteiger partial charge >= 0.3 is 0 Å². The zero-order chi connectivity index (χ0) is 13.3. The summed E-state index contributed by atoms with van der Waals surface area (Å²) >= 11 is 8.80.